The molecule has 0 saturated carbocycles. The van der Waals surface area contributed by atoms with E-state index in [1.807, 2.05) is 0 Å². The van der Waals surface area contributed by atoms with E-state index in [1.54, 1.807) is 0 Å². The third-order valence-electron chi connectivity index (χ3n) is 2.57. The second-order valence-corrected chi connectivity index (χ2v) is 3.40. The van der Waals surface area contributed by atoms with Gasteiger partial charge >= 0.3 is 0 Å². The fourth-order valence-electron chi connectivity index (χ4n) is 2.09. The maximum atomic E-state index is 3.42. The molecule has 0 aromatic rings. The molecular formula is C7H14N2. The van der Waals surface area contributed by atoms with Crippen LogP contribution in [0.3, 0.4) is 0 Å². The van der Waals surface area contributed by atoms with Gasteiger partial charge < -0.3 is 10.2 Å². The van der Waals surface area contributed by atoms with E-state index in [1.165, 1.54) is 26.2 Å². The van der Waals surface area contributed by atoms with Gasteiger partial charge in [0.15, 0.2) is 0 Å². The average Bonchev–Trinajstić information content (AvgIpc) is 2.22. The van der Waals surface area contributed by atoms with Gasteiger partial charge in [0.05, 0.1) is 0 Å². The molecule has 1 unspecified atom stereocenters. The lowest BCUT2D eigenvalue weighted by molar-refractivity contribution is 0.382. The lowest BCUT2D eigenvalue weighted by atomic mass is 10.0. The summed E-state index contributed by atoms with van der Waals surface area (Å²) < 4.78 is 0. The Balaban J connectivity index is 2.02. The second-order valence-electron chi connectivity index (χ2n) is 3.40. The quantitative estimate of drug-likeness (QED) is 0.482. The molecule has 52 valence electrons. The molecule has 2 nitrogen and oxygen atoms in total. The molecule has 0 aliphatic carbocycles. The molecule has 2 aliphatic heterocycles. The molecule has 2 saturated heterocycles. The SMILES string of the molecule is CN1CC2CNC[C@@H]2C1. The highest BCUT2D eigenvalue weighted by atomic mass is 15.2. The number of rotatable bonds is 0. The molecule has 0 amide bonds. The first kappa shape index (κ1) is 5.69. The number of hydrogen-bond acceptors (Lipinski definition) is 2. The normalized spacial score (nSPS) is 43.7. The Hall–Kier alpha value is -0.0800. The zero-order chi connectivity index (χ0) is 6.27. The van der Waals surface area contributed by atoms with Crippen LogP contribution in [0.5, 0.6) is 0 Å². The molecule has 2 rings (SSSR count). The minimum Gasteiger partial charge on any atom is -0.316 e. The fraction of sp³-hybridized carbons (Fsp3) is 1.00. The topological polar surface area (TPSA) is 15.3 Å². The van der Waals surface area contributed by atoms with Gasteiger partial charge in [-0.1, -0.05) is 0 Å². The highest BCUT2D eigenvalue weighted by Crippen LogP contribution is 2.24. The van der Waals surface area contributed by atoms with Gasteiger partial charge in [-0.25, -0.2) is 0 Å². The summed E-state index contributed by atoms with van der Waals surface area (Å²) >= 11 is 0. The van der Waals surface area contributed by atoms with Crippen LogP contribution in [0, 0.1) is 11.8 Å². The fourth-order valence-corrected chi connectivity index (χ4v) is 2.09. The van der Waals surface area contributed by atoms with E-state index in [4.69, 9.17) is 0 Å². The molecule has 2 atom stereocenters. The predicted molar refractivity (Wildman–Crippen MR) is 37.3 cm³/mol. The Morgan fingerprint density at radius 1 is 1.22 bits per heavy atom. The van der Waals surface area contributed by atoms with Gasteiger partial charge in [-0.3, -0.25) is 0 Å². The summed E-state index contributed by atoms with van der Waals surface area (Å²) in [6.07, 6.45) is 0. The van der Waals surface area contributed by atoms with E-state index < -0.39 is 0 Å². The summed E-state index contributed by atoms with van der Waals surface area (Å²) in [5, 5.41) is 3.42. The van der Waals surface area contributed by atoms with Crippen molar-refractivity contribution < 1.29 is 0 Å². The zero-order valence-electron chi connectivity index (χ0n) is 5.93. The summed E-state index contributed by atoms with van der Waals surface area (Å²) in [6.45, 7) is 5.15. The summed E-state index contributed by atoms with van der Waals surface area (Å²) in [7, 11) is 2.22. The van der Waals surface area contributed by atoms with E-state index in [-0.39, 0.29) is 0 Å². The third kappa shape index (κ3) is 0.864. The summed E-state index contributed by atoms with van der Waals surface area (Å²) in [5.41, 5.74) is 0. The maximum absolute atomic E-state index is 3.42. The number of nitrogens with one attached hydrogen (secondary N) is 1. The Labute approximate surface area is 56.2 Å². The van der Waals surface area contributed by atoms with Crippen molar-refractivity contribution in [3.8, 4) is 0 Å². The van der Waals surface area contributed by atoms with Crippen molar-refractivity contribution in [1.82, 2.24) is 10.2 Å². The number of fused-ring (bicyclic) bond motifs is 1. The van der Waals surface area contributed by atoms with Crippen molar-refractivity contribution in [3.05, 3.63) is 0 Å². The van der Waals surface area contributed by atoms with Crippen LogP contribution in [0.1, 0.15) is 0 Å². The van der Waals surface area contributed by atoms with Crippen molar-refractivity contribution in [1.29, 1.82) is 0 Å². The molecule has 1 N–H and O–H groups in total. The minimum absolute atomic E-state index is 0.968. The summed E-state index contributed by atoms with van der Waals surface area (Å²) in [5.74, 6) is 1.94. The highest BCUT2D eigenvalue weighted by Gasteiger charge is 2.33. The van der Waals surface area contributed by atoms with E-state index >= 15 is 0 Å². The average molecular weight is 126 g/mol. The predicted octanol–water partition coefficient (Wildman–Crippen LogP) is -0.233. The van der Waals surface area contributed by atoms with E-state index in [0.29, 0.717) is 0 Å². The first-order valence-electron chi connectivity index (χ1n) is 3.75. The standard InChI is InChI=1S/C7H14N2/c1-9-4-6-2-8-3-7(6)5-9/h6-8H,2-5H2,1H3/t6-,7?/m1/s1. The van der Waals surface area contributed by atoms with E-state index in [0.717, 1.165) is 11.8 Å². The van der Waals surface area contributed by atoms with Crippen molar-refractivity contribution in [2.24, 2.45) is 11.8 Å². The first-order valence-corrected chi connectivity index (χ1v) is 3.75. The zero-order valence-corrected chi connectivity index (χ0v) is 5.93. The van der Waals surface area contributed by atoms with Gasteiger partial charge in [-0.2, -0.15) is 0 Å². The van der Waals surface area contributed by atoms with Gasteiger partial charge in [0.2, 0.25) is 0 Å². The molecule has 0 spiro atoms. The van der Waals surface area contributed by atoms with Crippen molar-refractivity contribution >= 4 is 0 Å². The second kappa shape index (κ2) is 1.96. The summed E-state index contributed by atoms with van der Waals surface area (Å²) in [4.78, 5) is 2.44. The Morgan fingerprint density at radius 3 is 2.33 bits per heavy atom. The van der Waals surface area contributed by atoms with Crippen LogP contribution < -0.4 is 5.32 Å². The molecule has 9 heavy (non-hydrogen) atoms. The van der Waals surface area contributed by atoms with Crippen LogP contribution in [-0.2, 0) is 0 Å². The highest BCUT2D eigenvalue weighted by molar-refractivity contribution is 4.89. The lowest BCUT2D eigenvalue weighted by Gasteiger charge is -2.07. The number of nitrogens with zero attached hydrogens (tertiary/aromatic N) is 1. The van der Waals surface area contributed by atoms with Crippen LogP contribution >= 0.6 is 0 Å². The van der Waals surface area contributed by atoms with E-state index in [2.05, 4.69) is 17.3 Å². The molecule has 0 aromatic heterocycles. The number of likely N-dealkylation sites (tertiary alicyclic amines) is 1. The Bertz CT molecular complexity index is 101. The smallest absolute Gasteiger partial charge is 0.00225 e. The van der Waals surface area contributed by atoms with Crippen LogP contribution in [-0.4, -0.2) is 38.1 Å². The Morgan fingerprint density at radius 2 is 1.78 bits per heavy atom. The lowest BCUT2D eigenvalue weighted by Crippen LogP contribution is -2.21. The van der Waals surface area contributed by atoms with Crippen LogP contribution in [0.25, 0.3) is 0 Å². The molecule has 2 aliphatic rings. The molecule has 0 bridgehead atoms. The first-order chi connectivity index (χ1) is 4.36. The van der Waals surface area contributed by atoms with Crippen molar-refractivity contribution in [2.45, 2.75) is 0 Å². The minimum atomic E-state index is 0.968. The van der Waals surface area contributed by atoms with Crippen LogP contribution in [0.4, 0.5) is 0 Å². The van der Waals surface area contributed by atoms with Crippen LogP contribution in [0.2, 0.25) is 0 Å². The van der Waals surface area contributed by atoms with Gasteiger partial charge in [0.1, 0.15) is 0 Å². The van der Waals surface area contributed by atoms with Gasteiger partial charge in [-0.05, 0) is 32.0 Å². The van der Waals surface area contributed by atoms with Gasteiger partial charge in [0.25, 0.3) is 0 Å². The van der Waals surface area contributed by atoms with Crippen molar-refractivity contribution in [3.63, 3.8) is 0 Å². The maximum Gasteiger partial charge on any atom is 0.00225 e. The Kier molecular flexibility index (Phi) is 1.24. The number of hydrogen-bond donors (Lipinski definition) is 1. The van der Waals surface area contributed by atoms with Gasteiger partial charge in [-0.15, -0.1) is 0 Å². The molecule has 0 radical (unpaired) electrons. The molecule has 2 fully saturated rings. The van der Waals surface area contributed by atoms with E-state index in [9.17, 15) is 0 Å². The molecule has 2 heterocycles. The van der Waals surface area contributed by atoms with Gasteiger partial charge in [0, 0.05) is 13.1 Å². The molecular weight excluding hydrogens is 112 g/mol. The van der Waals surface area contributed by atoms with Crippen molar-refractivity contribution in [2.75, 3.05) is 33.2 Å². The molecule has 0 aromatic carbocycles. The third-order valence-corrected chi connectivity index (χ3v) is 2.57. The monoisotopic (exact) mass is 126 g/mol. The molecule has 2 heteroatoms. The summed E-state index contributed by atoms with van der Waals surface area (Å²) in [6, 6.07) is 0. The largest absolute Gasteiger partial charge is 0.316 e. The van der Waals surface area contributed by atoms with Crippen LogP contribution in [0.15, 0.2) is 0 Å².